The van der Waals surface area contributed by atoms with Crippen LogP contribution in [-0.2, 0) is 0 Å². The Balaban J connectivity index is 2.28. The Labute approximate surface area is 109 Å². The van der Waals surface area contributed by atoms with Crippen LogP contribution in [0.2, 0.25) is 0 Å². The number of ether oxygens (including phenoxy) is 1. The van der Waals surface area contributed by atoms with Gasteiger partial charge in [0.2, 0.25) is 0 Å². The zero-order valence-corrected chi connectivity index (χ0v) is 10.3. The largest absolute Gasteiger partial charge is 0.497 e. The molecule has 5 nitrogen and oxygen atoms in total. The normalized spacial score (nSPS) is 10.6. The molecule has 5 heteroatoms. The van der Waals surface area contributed by atoms with Gasteiger partial charge in [-0.3, -0.25) is 9.36 Å². The smallest absolute Gasteiger partial charge is 0.275 e. The van der Waals surface area contributed by atoms with Crippen LogP contribution in [0.5, 0.6) is 5.75 Å². The molecule has 0 fully saturated rings. The molecule has 0 bridgehead atoms. The fraction of sp³-hybridized carbons (Fsp3) is 0.0714. The number of aromatic nitrogens is 3. The van der Waals surface area contributed by atoms with Gasteiger partial charge >= 0.3 is 0 Å². The van der Waals surface area contributed by atoms with Gasteiger partial charge in [-0.1, -0.05) is 0 Å². The van der Waals surface area contributed by atoms with Gasteiger partial charge in [0.25, 0.3) is 5.56 Å². The van der Waals surface area contributed by atoms with Crippen molar-refractivity contribution in [3.63, 3.8) is 0 Å². The third kappa shape index (κ3) is 1.95. The second-order valence-electron chi connectivity index (χ2n) is 3.98. The lowest BCUT2D eigenvalue weighted by molar-refractivity contribution is 0.414. The quantitative estimate of drug-likeness (QED) is 0.698. The van der Waals surface area contributed by atoms with E-state index in [0.29, 0.717) is 11.2 Å². The minimum Gasteiger partial charge on any atom is -0.497 e. The molecular weight excluding hydrogens is 242 g/mol. The van der Waals surface area contributed by atoms with Crippen LogP contribution >= 0.6 is 0 Å². The molecule has 19 heavy (non-hydrogen) atoms. The van der Waals surface area contributed by atoms with Crippen LogP contribution in [0.25, 0.3) is 16.9 Å². The second-order valence-corrected chi connectivity index (χ2v) is 3.98. The van der Waals surface area contributed by atoms with Crippen molar-refractivity contribution in [2.45, 2.75) is 0 Å². The molecule has 0 N–H and O–H groups in total. The van der Waals surface area contributed by atoms with Crippen molar-refractivity contribution in [2.75, 3.05) is 7.11 Å². The van der Waals surface area contributed by atoms with Crippen LogP contribution in [0.3, 0.4) is 0 Å². The van der Waals surface area contributed by atoms with Crippen LogP contribution in [0.4, 0.5) is 0 Å². The molecule has 0 atom stereocenters. The van der Waals surface area contributed by atoms with E-state index in [1.807, 2.05) is 18.2 Å². The van der Waals surface area contributed by atoms with Crippen molar-refractivity contribution in [1.29, 1.82) is 0 Å². The first kappa shape index (κ1) is 11.4. The lowest BCUT2D eigenvalue weighted by Crippen LogP contribution is -2.19. The molecule has 2 aromatic heterocycles. The van der Waals surface area contributed by atoms with E-state index in [-0.39, 0.29) is 5.56 Å². The van der Waals surface area contributed by atoms with Crippen LogP contribution in [0.15, 0.2) is 53.6 Å². The minimum atomic E-state index is -0.212. The molecule has 94 valence electrons. The van der Waals surface area contributed by atoms with E-state index < -0.39 is 0 Å². The van der Waals surface area contributed by atoms with Gasteiger partial charge in [0.05, 0.1) is 19.0 Å². The molecule has 0 saturated heterocycles. The molecule has 2 heterocycles. The van der Waals surface area contributed by atoms with Gasteiger partial charge in [-0.15, -0.1) is 0 Å². The van der Waals surface area contributed by atoms with Gasteiger partial charge < -0.3 is 4.74 Å². The van der Waals surface area contributed by atoms with E-state index in [1.165, 1.54) is 10.8 Å². The summed E-state index contributed by atoms with van der Waals surface area (Å²) in [5.74, 6) is 0.739. The molecule has 0 amide bonds. The first-order chi connectivity index (χ1) is 9.29. The highest BCUT2D eigenvalue weighted by Crippen LogP contribution is 2.16. The van der Waals surface area contributed by atoms with Gasteiger partial charge in [0.1, 0.15) is 11.3 Å². The van der Waals surface area contributed by atoms with E-state index in [4.69, 9.17) is 4.74 Å². The Morgan fingerprint density at radius 3 is 2.63 bits per heavy atom. The second kappa shape index (κ2) is 4.53. The Kier molecular flexibility index (Phi) is 2.72. The molecule has 0 saturated carbocycles. The monoisotopic (exact) mass is 253 g/mol. The average Bonchev–Trinajstić information content (AvgIpc) is 2.47. The number of methoxy groups -OCH3 is 1. The molecule has 0 aliphatic carbocycles. The molecule has 0 radical (unpaired) electrons. The summed E-state index contributed by atoms with van der Waals surface area (Å²) in [4.78, 5) is 20.3. The van der Waals surface area contributed by atoms with E-state index in [9.17, 15) is 4.79 Å². The third-order valence-electron chi connectivity index (χ3n) is 2.84. The van der Waals surface area contributed by atoms with Crippen molar-refractivity contribution in [3.05, 3.63) is 59.1 Å². The number of fused-ring (bicyclic) bond motifs is 1. The van der Waals surface area contributed by atoms with Crippen LogP contribution in [-0.4, -0.2) is 21.6 Å². The Hall–Kier alpha value is -2.69. The van der Waals surface area contributed by atoms with E-state index >= 15 is 0 Å². The number of hydrogen-bond donors (Lipinski definition) is 0. The Bertz CT molecular complexity index is 779. The zero-order chi connectivity index (χ0) is 13.2. The van der Waals surface area contributed by atoms with Gasteiger partial charge in [0, 0.05) is 6.20 Å². The van der Waals surface area contributed by atoms with Gasteiger partial charge in [-0.25, -0.2) is 9.97 Å². The zero-order valence-electron chi connectivity index (χ0n) is 10.3. The highest BCUT2D eigenvalue weighted by Gasteiger charge is 2.07. The molecule has 3 rings (SSSR count). The van der Waals surface area contributed by atoms with Crippen molar-refractivity contribution in [3.8, 4) is 11.4 Å². The number of pyridine rings is 1. The summed E-state index contributed by atoms with van der Waals surface area (Å²) in [6, 6.07) is 10.8. The predicted octanol–water partition coefficient (Wildman–Crippen LogP) is 1.79. The fourth-order valence-electron chi connectivity index (χ4n) is 1.93. The first-order valence-corrected chi connectivity index (χ1v) is 5.77. The summed E-state index contributed by atoms with van der Waals surface area (Å²) in [7, 11) is 1.60. The maximum absolute atomic E-state index is 12.0. The molecule has 0 aliphatic rings. The summed E-state index contributed by atoms with van der Waals surface area (Å²) < 4.78 is 6.64. The Morgan fingerprint density at radius 2 is 1.89 bits per heavy atom. The maximum atomic E-state index is 12.0. The maximum Gasteiger partial charge on any atom is 0.275 e. The minimum absolute atomic E-state index is 0.212. The lowest BCUT2D eigenvalue weighted by atomic mass is 10.3. The molecule has 0 aliphatic heterocycles. The summed E-state index contributed by atoms with van der Waals surface area (Å²) in [5.41, 5.74) is 1.74. The fourth-order valence-corrected chi connectivity index (χ4v) is 1.93. The summed E-state index contributed by atoms with van der Waals surface area (Å²) in [5, 5.41) is 0. The van der Waals surface area contributed by atoms with E-state index in [0.717, 1.165) is 11.4 Å². The predicted molar refractivity (Wildman–Crippen MR) is 71.7 cm³/mol. The SMILES string of the molecule is COc1ccc(-n2c(=O)cnc3cccnc32)cc1. The topological polar surface area (TPSA) is 57.0 Å². The molecule has 0 unspecified atom stereocenters. The number of hydrogen-bond acceptors (Lipinski definition) is 4. The molecular formula is C14H11N3O2. The van der Waals surface area contributed by atoms with Crippen molar-refractivity contribution in [1.82, 2.24) is 14.5 Å². The van der Waals surface area contributed by atoms with Gasteiger partial charge in [-0.2, -0.15) is 0 Å². The van der Waals surface area contributed by atoms with Gasteiger partial charge in [0.15, 0.2) is 5.65 Å². The third-order valence-corrected chi connectivity index (χ3v) is 2.84. The van der Waals surface area contributed by atoms with Crippen LogP contribution < -0.4 is 10.3 Å². The lowest BCUT2D eigenvalue weighted by Gasteiger charge is -2.08. The first-order valence-electron chi connectivity index (χ1n) is 5.77. The van der Waals surface area contributed by atoms with E-state index in [2.05, 4.69) is 9.97 Å². The number of benzene rings is 1. The Morgan fingerprint density at radius 1 is 1.11 bits per heavy atom. The number of rotatable bonds is 2. The average molecular weight is 253 g/mol. The van der Waals surface area contributed by atoms with Crippen molar-refractivity contribution in [2.24, 2.45) is 0 Å². The van der Waals surface area contributed by atoms with Crippen LogP contribution in [0, 0.1) is 0 Å². The summed E-state index contributed by atoms with van der Waals surface area (Å²) >= 11 is 0. The summed E-state index contributed by atoms with van der Waals surface area (Å²) in [6.45, 7) is 0. The highest BCUT2D eigenvalue weighted by molar-refractivity contribution is 5.71. The van der Waals surface area contributed by atoms with Gasteiger partial charge in [-0.05, 0) is 36.4 Å². The highest BCUT2D eigenvalue weighted by atomic mass is 16.5. The number of nitrogens with zero attached hydrogens (tertiary/aromatic N) is 3. The van der Waals surface area contributed by atoms with Crippen molar-refractivity contribution >= 4 is 11.2 Å². The standard InChI is InChI=1S/C14H11N3O2/c1-19-11-6-4-10(5-7-11)17-13(18)9-16-12-3-2-8-15-14(12)17/h2-9H,1H3. The molecule has 1 aromatic carbocycles. The summed E-state index contributed by atoms with van der Waals surface area (Å²) in [6.07, 6.45) is 2.94. The molecule has 0 spiro atoms. The van der Waals surface area contributed by atoms with Crippen LogP contribution in [0.1, 0.15) is 0 Å². The molecule has 3 aromatic rings. The van der Waals surface area contributed by atoms with E-state index in [1.54, 1.807) is 31.5 Å². The van der Waals surface area contributed by atoms with Crippen molar-refractivity contribution < 1.29 is 4.74 Å².